The highest BCUT2D eigenvalue weighted by atomic mass is 16.4. The fraction of sp³-hybridized carbons (Fsp3) is 0.333. The van der Waals surface area contributed by atoms with Crippen molar-refractivity contribution in [1.29, 1.82) is 5.26 Å². The minimum Gasteiger partial charge on any atom is -0.408 e. The number of benzene rings is 1. The molecule has 0 atom stereocenters. The molecule has 0 aliphatic rings. The zero-order chi connectivity index (χ0) is 12.3. The van der Waals surface area contributed by atoms with Gasteiger partial charge in [-0.15, -0.1) is 0 Å². The van der Waals surface area contributed by atoms with Gasteiger partial charge in [0.25, 0.3) is 0 Å². The van der Waals surface area contributed by atoms with Crippen LogP contribution >= 0.6 is 0 Å². The molecule has 5 nitrogen and oxygen atoms in total. The number of oxazole rings is 1. The molecular formula is C12H13N3O2. The van der Waals surface area contributed by atoms with Crippen molar-refractivity contribution in [2.45, 2.75) is 12.8 Å². The quantitative estimate of drug-likeness (QED) is 0.815. The van der Waals surface area contributed by atoms with Crippen molar-refractivity contribution < 1.29 is 4.42 Å². The average molecular weight is 231 g/mol. The summed E-state index contributed by atoms with van der Waals surface area (Å²) in [5.41, 5.74) is 2.27. The number of fused-ring (bicyclic) bond motifs is 1. The summed E-state index contributed by atoms with van der Waals surface area (Å²) in [6.45, 7) is 0.741. The van der Waals surface area contributed by atoms with E-state index in [0.717, 1.165) is 24.2 Å². The van der Waals surface area contributed by atoms with E-state index in [9.17, 15) is 4.79 Å². The van der Waals surface area contributed by atoms with Gasteiger partial charge in [0.05, 0.1) is 11.6 Å². The minimum atomic E-state index is -0.360. The van der Waals surface area contributed by atoms with Crippen LogP contribution in [0.4, 0.5) is 5.69 Å². The maximum absolute atomic E-state index is 11.3. The Bertz CT molecular complexity index is 619. The second kappa shape index (κ2) is 4.74. The molecule has 0 amide bonds. The van der Waals surface area contributed by atoms with E-state index in [1.54, 1.807) is 13.1 Å². The fourth-order valence-corrected chi connectivity index (χ4v) is 1.64. The van der Waals surface area contributed by atoms with Crippen molar-refractivity contribution in [2.24, 2.45) is 7.05 Å². The van der Waals surface area contributed by atoms with Crippen molar-refractivity contribution in [1.82, 2.24) is 4.57 Å². The van der Waals surface area contributed by atoms with Crippen LogP contribution in [-0.2, 0) is 7.05 Å². The van der Waals surface area contributed by atoms with Crippen LogP contribution in [0.2, 0.25) is 0 Å². The van der Waals surface area contributed by atoms with Crippen LogP contribution in [0.25, 0.3) is 11.1 Å². The Morgan fingerprint density at radius 2 is 2.35 bits per heavy atom. The van der Waals surface area contributed by atoms with Crippen molar-refractivity contribution in [3.05, 3.63) is 28.7 Å². The highest BCUT2D eigenvalue weighted by molar-refractivity contribution is 5.77. The zero-order valence-corrected chi connectivity index (χ0v) is 9.56. The highest BCUT2D eigenvalue weighted by Crippen LogP contribution is 2.17. The van der Waals surface area contributed by atoms with Crippen molar-refractivity contribution in [2.75, 3.05) is 11.9 Å². The zero-order valence-electron chi connectivity index (χ0n) is 9.56. The average Bonchev–Trinajstić information content (AvgIpc) is 2.61. The summed E-state index contributed by atoms with van der Waals surface area (Å²) in [5.74, 6) is -0.360. The molecule has 0 bridgehead atoms. The summed E-state index contributed by atoms with van der Waals surface area (Å²) >= 11 is 0. The van der Waals surface area contributed by atoms with Gasteiger partial charge in [-0.3, -0.25) is 4.57 Å². The molecule has 0 saturated heterocycles. The molecule has 2 aromatic rings. The number of nitrogens with one attached hydrogen (secondary N) is 1. The number of aryl methyl sites for hydroxylation is 1. The van der Waals surface area contributed by atoms with Gasteiger partial charge in [0.2, 0.25) is 0 Å². The number of nitriles is 1. The normalized spacial score (nSPS) is 10.4. The fourth-order valence-electron chi connectivity index (χ4n) is 1.64. The standard InChI is InChI=1S/C12H13N3O2/c1-15-10-8-9(14-7-3-2-6-13)4-5-11(10)17-12(15)16/h4-5,8,14H,2-3,7H2,1H3. The Hall–Kier alpha value is -2.22. The van der Waals surface area contributed by atoms with Gasteiger partial charge in [-0.2, -0.15) is 5.26 Å². The van der Waals surface area contributed by atoms with Crippen molar-refractivity contribution in [3.8, 4) is 6.07 Å². The van der Waals surface area contributed by atoms with Gasteiger partial charge in [-0.25, -0.2) is 4.79 Å². The number of rotatable bonds is 4. The first-order chi connectivity index (χ1) is 8.22. The smallest absolute Gasteiger partial charge is 0.408 e. The number of hydrogen-bond donors (Lipinski definition) is 1. The van der Waals surface area contributed by atoms with Gasteiger partial charge in [-0.05, 0) is 24.6 Å². The number of aromatic nitrogens is 1. The van der Waals surface area contributed by atoms with Gasteiger partial charge < -0.3 is 9.73 Å². The lowest BCUT2D eigenvalue weighted by Crippen LogP contribution is -2.08. The monoisotopic (exact) mass is 231 g/mol. The van der Waals surface area contributed by atoms with Crippen LogP contribution in [0.1, 0.15) is 12.8 Å². The lowest BCUT2D eigenvalue weighted by atomic mass is 10.2. The maximum Gasteiger partial charge on any atom is 0.419 e. The lowest BCUT2D eigenvalue weighted by Gasteiger charge is -2.04. The van der Waals surface area contributed by atoms with E-state index in [1.165, 1.54) is 4.57 Å². The Morgan fingerprint density at radius 3 is 3.12 bits per heavy atom. The molecule has 1 aromatic carbocycles. The molecular weight excluding hydrogens is 218 g/mol. The molecule has 0 spiro atoms. The number of anilines is 1. The summed E-state index contributed by atoms with van der Waals surface area (Å²) < 4.78 is 6.50. The first kappa shape index (κ1) is 11.3. The third-order valence-corrected chi connectivity index (χ3v) is 2.59. The third-order valence-electron chi connectivity index (χ3n) is 2.59. The molecule has 17 heavy (non-hydrogen) atoms. The van der Waals surface area contributed by atoms with Crippen LogP contribution in [-0.4, -0.2) is 11.1 Å². The molecule has 1 heterocycles. The molecule has 2 rings (SSSR count). The number of unbranched alkanes of at least 4 members (excludes halogenated alkanes) is 1. The second-order valence-electron chi connectivity index (χ2n) is 3.80. The largest absolute Gasteiger partial charge is 0.419 e. The summed E-state index contributed by atoms with van der Waals surface area (Å²) in [5, 5.41) is 11.6. The van der Waals surface area contributed by atoms with Crippen molar-refractivity contribution in [3.63, 3.8) is 0 Å². The Balaban J connectivity index is 2.17. The summed E-state index contributed by atoms with van der Waals surface area (Å²) in [6.07, 6.45) is 1.35. The Kier molecular flexibility index (Phi) is 3.15. The number of hydrogen-bond acceptors (Lipinski definition) is 4. The summed E-state index contributed by atoms with van der Waals surface area (Å²) in [6, 6.07) is 7.59. The van der Waals surface area contributed by atoms with E-state index in [0.29, 0.717) is 12.0 Å². The van der Waals surface area contributed by atoms with Crippen LogP contribution in [0.5, 0.6) is 0 Å². The Labute approximate surface area is 98.3 Å². The van der Waals surface area contributed by atoms with E-state index >= 15 is 0 Å². The van der Waals surface area contributed by atoms with Gasteiger partial charge >= 0.3 is 5.76 Å². The second-order valence-corrected chi connectivity index (χ2v) is 3.80. The van der Waals surface area contributed by atoms with E-state index < -0.39 is 0 Å². The molecule has 5 heteroatoms. The van der Waals surface area contributed by atoms with Crippen LogP contribution in [0.15, 0.2) is 27.4 Å². The topological polar surface area (TPSA) is 71.0 Å². The molecule has 0 saturated carbocycles. The maximum atomic E-state index is 11.3. The van der Waals surface area contributed by atoms with Crippen LogP contribution < -0.4 is 11.1 Å². The summed E-state index contributed by atoms with van der Waals surface area (Å²) in [4.78, 5) is 11.3. The van der Waals surface area contributed by atoms with Crippen LogP contribution in [0.3, 0.4) is 0 Å². The molecule has 1 aromatic heterocycles. The van der Waals surface area contributed by atoms with Gasteiger partial charge in [0.1, 0.15) is 0 Å². The van der Waals surface area contributed by atoms with E-state index in [-0.39, 0.29) is 5.76 Å². The molecule has 0 aliphatic carbocycles. The molecule has 88 valence electrons. The number of nitrogens with zero attached hydrogens (tertiary/aromatic N) is 2. The van der Waals surface area contributed by atoms with Gasteiger partial charge in [0.15, 0.2) is 5.58 Å². The molecule has 0 aliphatic heterocycles. The predicted octanol–water partition coefficient (Wildman–Crippen LogP) is 1.85. The van der Waals surface area contributed by atoms with Crippen LogP contribution in [0, 0.1) is 11.3 Å². The SMILES string of the molecule is Cn1c(=O)oc2ccc(NCCCC#N)cc21. The summed E-state index contributed by atoms with van der Waals surface area (Å²) in [7, 11) is 1.67. The highest BCUT2D eigenvalue weighted by Gasteiger charge is 2.05. The Morgan fingerprint density at radius 1 is 1.53 bits per heavy atom. The molecule has 1 N–H and O–H groups in total. The van der Waals surface area contributed by atoms with Gasteiger partial charge in [0, 0.05) is 25.7 Å². The lowest BCUT2D eigenvalue weighted by molar-refractivity contribution is 0.528. The third kappa shape index (κ3) is 2.31. The first-order valence-electron chi connectivity index (χ1n) is 5.43. The van der Waals surface area contributed by atoms with E-state index in [2.05, 4.69) is 11.4 Å². The first-order valence-corrected chi connectivity index (χ1v) is 5.43. The molecule has 0 fully saturated rings. The molecule has 0 radical (unpaired) electrons. The molecule has 0 unspecified atom stereocenters. The minimum absolute atomic E-state index is 0.360. The van der Waals surface area contributed by atoms with E-state index in [1.807, 2.05) is 12.1 Å². The van der Waals surface area contributed by atoms with Gasteiger partial charge in [-0.1, -0.05) is 0 Å². The predicted molar refractivity (Wildman–Crippen MR) is 64.8 cm³/mol. The van der Waals surface area contributed by atoms with E-state index in [4.69, 9.17) is 9.68 Å². The van der Waals surface area contributed by atoms with Crippen molar-refractivity contribution >= 4 is 16.8 Å².